The third-order valence-electron chi connectivity index (χ3n) is 5.10. The van der Waals surface area contributed by atoms with Crippen molar-refractivity contribution in [1.29, 1.82) is 0 Å². The molecule has 0 radical (unpaired) electrons. The Morgan fingerprint density at radius 3 is 2.62 bits per heavy atom. The summed E-state index contributed by atoms with van der Waals surface area (Å²) in [6, 6.07) is 0.432. The van der Waals surface area contributed by atoms with Gasteiger partial charge in [0, 0.05) is 63.2 Å². The fourth-order valence-electron chi connectivity index (χ4n) is 3.56. The van der Waals surface area contributed by atoms with Crippen molar-refractivity contribution >= 4 is 0 Å². The summed E-state index contributed by atoms with van der Waals surface area (Å²) in [5, 5.41) is 14.1. The molecule has 0 aliphatic carbocycles. The Morgan fingerprint density at radius 2 is 2.04 bits per heavy atom. The highest BCUT2D eigenvalue weighted by Crippen LogP contribution is 2.20. The van der Waals surface area contributed by atoms with Gasteiger partial charge in [-0.3, -0.25) is 14.5 Å². The first kappa shape index (κ1) is 19.2. The third-order valence-corrected chi connectivity index (χ3v) is 5.10. The molecule has 1 aliphatic heterocycles. The molecule has 2 rings (SSSR count). The maximum Gasteiger partial charge on any atom is 0.0641 e. The van der Waals surface area contributed by atoms with E-state index in [2.05, 4.69) is 60.3 Å². The van der Waals surface area contributed by atoms with Gasteiger partial charge in [0.1, 0.15) is 0 Å². The zero-order valence-corrected chi connectivity index (χ0v) is 16.0. The molecular weight excluding hydrogens is 300 g/mol. The summed E-state index contributed by atoms with van der Waals surface area (Å²) >= 11 is 0. The number of aromatic nitrogens is 2. The lowest BCUT2D eigenvalue weighted by Gasteiger charge is -2.41. The van der Waals surface area contributed by atoms with Crippen molar-refractivity contribution in [2.75, 3.05) is 32.8 Å². The molecule has 136 valence electrons. The maximum atomic E-state index is 9.44. The molecule has 0 bridgehead atoms. The normalized spacial score (nSPS) is 19.7. The maximum absolute atomic E-state index is 9.44. The number of piperazine rings is 1. The summed E-state index contributed by atoms with van der Waals surface area (Å²) in [5.41, 5.74) is 5.18. The van der Waals surface area contributed by atoms with E-state index >= 15 is 0 Å². The number of allylic oxidation sites excluding steroid dienone is 1. The number of aliphatic hydroxyl groups excluding tert-OH is 1. The molecule has 1 N–H and O–H groups in total. The largest absolute Gasteiger partial charge is 0.396 e. The van der Waals surface area contributed by atoms with Gasteiger partial charge >= 0.3 is 0 Å². The van der Waals surface area contributed by atoms with Crippen LogP contribution in [0.4, 0.5) is 0 Å². The number of rotatable bonds is 7. The average Bonchev–Trinajstić information content (AvgIpc) is 2.81. The van der Waals surface area contributed by atoms with Crippen LogP contribution in [-0.2, 0) is 13.1 Å². The van der Waals surface area contributed by atoms with Gasteiger partial charge in [0.2, 0.25) is 0 Å². The van der Waals surface area contributed by atoms with Gasteiger partial charge in [-0.25, -0.2) is 0 Å². The van der Waals surface area contributed by atoms with Crippen LogP contribution in [0.25, 0.3) is 0 Å². The predicted octanol–water partition coefficient (Wildman–Crippen LogP) is 2.35. The highest BCUT2D eigenvalue weighted by Gasteiger charge is 2.27. The van der Waals surface area contributed by atoms with E-state index in [0.717, 1.165) is 51.4 Å². The van der Waals surface area contributed by atoms with Crippen molar-refractivity contribution < 1.29 is 5.11 Å². The fourth-order valence-corrected chi connectivity index (χ4v) is 3.56. The Labute approximate surface area is 146 Å². The Balaban J connectivity index is 2.03. The SMILES string of the molecule is CCn1nc(C)c(CN2CCN(CC=C(C)C)[C@H](CCO)C2)c1C. The summed E-state index contributed by atoms with van der Waals surface area (Å²) in [5.74, 6) is 0. The Kier molecular flexibility index (Phi) is 7.02. The molecular formula is C19H34N4O. The van der Waals surface area contributed by atoms with Crippen molar-refractivity contribution in [1.82, 2.24) is 19.6 Å². The van der Waals surface area contributed by atoms with E-state index in [0.29, 0.717) is 6.04 Å². The van der Waals surface area contributed by atoms with Crippen molar-refractivity contribution in [2.24, 2.45) is 0 Å². The molecule has 2 heterocycles. The summed E-state index contributed by atoms with van der Waals surface area (Å²) in [4.78, 5) is 5.03. The second kappa shape index (κ2) is 8.79. The highest BCUT2D eigenvalue weighted by atomic mass is 16.3. The molecule has 0 saturated carbocycles. The molecule has 1 aromatic rings. The molecule has 5 nitrogen and oxygen atoms in total. The summed E-state index contributed by atoms with van der Waals surface area (Å²) in [6.07, 6.45) is 3.14. The minimum absolute atomic E-state index is 0.260. The summed E-state index contributed by atoms with van der Waals surface area (Å²) < 4.78 is 2.10. The first-order valence-corrected chi connectivity index (χ1v) is 9.19. The van der Waals surface area contributed by atoms with Crippen LogP contribution >= 0.6 is 0 Å². The highest BCUT2D eigenvalue weighted by molar-refractivity contribution is 5.24. The molecule has 0 unspecified atom stereocenters. The van der Waals surface area contributed by atoms with Crippen LogP contribution in [0, 0.1) is 13.8 Å². The fraction of sp³-hybridized carbons (Fsp3) is 0.737. The van der Waals surface area contributed by atoms with Crippen LogP contribution in [0.3, 0.4) is 0 Å². The van der Waals surface area contributed by atoms with Crippen molar-refractivity contribution in [3.05, 3.63) is 28.6 Å². The van der Waals surface area contributed by atoms with Gasteiger partial charge in [-0.1, -0.05) is 11.6 Å². The van der Waals surface area contributed by atoms with E-state index in [1.807, 2.05) is 0 Å². The molecule has 0 amide bonds. The van der Waals surface area contributed by atoms with Crippen molar-refractivity contribution in [2.45, 2.75) is 60.2 Å². The second-order valence-corrected chi connectivity index (χ2v) is 7.14. The van der Waals surface area contributed by atoms with Gasteiger partial charge in [0.05, 0.1) is 5.69 Å². The van der Waals surface area contributed by atoms with Crippen molar-refractivity contribution in [3.63, 3.8) is 0 Å². The molecule has 1 saturated heterocycles. The second-order valence-electron chi connectivity index (χ2n) is 7.14. The smallest absolute Gasteiger partial charge is 0.0641 e. The van der Waals surface area contributed by atoms with Gasteiger partial charge < -0.3 is 5.11 Å². The Morgan fingerprint density at radius 1 is 1.29 bits per heavy atom. The molecule has 5 heteroatoms. The van der Waals surface area contributed by atoms with E-state index in [4.69, 9.17) is 0 Å². The van der Waals surface area contributed by atoms with E-state index in [-0.39, 0.29) is 6.61 Å². The minimum Gasteiger partial charge on any atom is -0.396 e. The molecule has 1 aliphatic rings. The van der Waals surface area contributed by atoms with E-state index in [1.165, 1.54) is 16.8 Å². The average molecular weight is 335 g/mol. The lowest BCUT2D eigenvalue weighted by atomic mass is 10.1. The van der Waals surface area contributed by atoms with Gasteiger partial charge in [0.25, 0.3) is 0 Å². The monoisotopic (exact) mass is 334 g/mol. The Hall–Kier alpha value is -1.17. The third kappa shape index (κ3) is 4.68. The quantitative estimate of drug-likeness (QED) is 0.778. The number of hydrogen-bond acceptors (Lipinski definition) is 4. The number of aliphatic hydroxyl groups is 1. The molecule has 1 aromatic heterocycles. The van der Waals surface area contributed by atoms with Crippen LogP contribution < -0.4 is 0 Å². The van der Waals surface area contributed by atoms with Crippen LogP contribution in [0.1, 0.15) is 44.1 Å². The topological polar surface area (TPSA) is 44.5 Å². The van der Waals surface area contributed by atoms with Gasteiger partial charge in [0.15, 0.2) is 0 Å². The van der Waals surface area contributed by atoms with Crippen LogP contribution in [0.15, 0.2) is 11.6 Å². The first-order chi connectivity index (χ1) is 11.5. The standard InChI is InChI=1S/C19H34N4O/c1-6-23-17(5)19(16(4)20-23)14-21-10-11-22(9-7-15(2)3)18(13-21)8-12-24/h7,18,24H,6,8-14H2,1-5H3/t18-/m1/s1. The van der Waals surface area contributed by atoms with E-state index < -0.39 is 0 Å². The lowest BCUT2D eigenvalue weighted by Crippen LogP contribution is -2.53. The van der Waals surface area contributed by atoms with E-state index in [9.17, 15) is 5.11 Å². The molecule has 0 spiro atoms. The molecule has 1 fully saturated rings. The van der Waals surface area contributed by atoms with Gasteiger partial charge in [-0.15, -0.1) is 0 Å². The number of aryl methyl sites for hydroxylation is 2. The first-order valence-electron chi connectivity index (χ1n) is 9.19. The van der Waals surface area contributed by atoms with Gasteiger partial charge in [-0.05, 0) is 41.0 Å². The zero-order valence-electron chi connectivity index (χ0n) is 16.0. The van der Waals surface area contributed by atoms with E-state index in [1.54, 1.807) is 0 Å². The number of hydrogen-bond donors (Lipinski definition) is 1. The molecule has 24 heavy (non-hydrogen) atoms. The molecule has 1 atom stereocenters. The van der Waals surface area contributed by atoms with Gasteiger partial charge in [-0.2, -0.15) is 5.10 Å². The number of nitrogens with zero attached hydrogens (tertiary/aromatic N) is 4. The zero-order chi connectivity index (χ0) is 17.7. The Bertz CT molecular complexity index is 560. The van der Waals surface area contributed by atoms with Crippen molar-refractivity contribution in [3.8, 4) is 0 Å². The predicted molar refractivity (Wildman–Crippen MR) is 99.1 cm³/mol. The summed E-state index contributed by atoms with van der Waals surface area (Å²) in [7, 11) is 0. The van der Waals surface area contributed by atoms with Crippen LogP contribution in [0.5, 0.6) is 0 Å². The van der Waals surface area contributed by atoms with Crippen LogP contribution in [-0.4, -0.2) is 63.5 Å². The lowest BCUT2D eigenvalue weighted by molar-refractivity contribution is 0.0634. The summed E-state index contributed by atoms with van der Waals surface area (Å²) in [6.45, 7) is 17.0. The van der Waals surface area contributed by atoms with Crippen LogP contribution in [0.2, 0.25) is 0 Å². The molecule has 0 aromatic carbocycles. The minimum atomic E-state index is 0.260.